The monoisotopic (exact) mass is 273 g/mol. The lowest BCUT2D eigenvalue weighted by atomic mass is 9.87. The van der Waals surface area contributed by atoms with Gasteiger partial charge in [0, 0.05) is 12.6 Å². The summed E-state index contributed by atoms with van der Waals surface area (Å²) in [5.74, 6) is 0. The van der Waals surface area contributed by atoms with Crippen LogP contribution in [-0.4, -0.2) is 30.6 Å². The fraction of sp³-hybridized carbons (Fsp3) is 0.588. The summed E-state index contributed by atoms with van der Waals surface area (Å²) >= 11 is 0. The van der Waals surface area contributed by atoms with E-state index < -0.39 is 5.54 Å². The van der Waals surface area contributed by atoms with Gasteiger partial charge in [0.1, 0.15) is 5.54 Å². The molecule has 3 nitrogen and oxygen atoms in total. The van der Waals surface area contributed by atoms with E-state index in [2.05, 4.69) is 44.0 Å². The number of hydrogen-bond acceptors (Lipinski definition) is 3. The molecule has 0 aliphatic heterocycles. The fourth-order valence-electron chi connectivity index (χ4n) is 2.53. The summed E-state index contributed by atoms with van der Waals surface area (Å²) in [6.07, 6.45) is 0.799. The largest absolute Gasteiger partial charge is 0.304 e. The van der Waals surface area contributed by atoms with Crippen molar-refractivity contribution < 1.29 is 0 Å². The van der Waals surface area contributed by atoms with Gasteiger partial charge in [-0.2, -0.15) is 5.26 Å². The van der Waals surface area contributed by atoms with E-state index >= 15 is 0 Å². The van der Waals surface area contributed by atoms with Gasteiger partial charge in [0.15, 0.2) is 0 Å². The number of hydrogen-bond donors (Lipinski definition) is 1. The van der Waals surface area contributed by atoms with Crippen molar-refractivity contribution in [1.82, 2.24) is 10.2 Å². The Morgan fingerprint density at radius 2 is 1.80 bits per heavy atom. The number of nitrogens with one attached hydrogen (secondary N) is 1. The predicted octanol–water partition coefficient (Wildman–Crippen LogP) is 3.14. The van der Waals surface area contributed by atoms with Crippen molar-refractivity contribution in [2.45, 2.75) is 45.7 Å². The Bertz CT molecular complexity index is 418. The number of nitrogens with zero attached hydrogens (tertiary/aromatic N) is 2. The predicted molar refractivity (Wildman–Crippen MR) is 84.4 cm³/mol. The fourth-order valence-corrected chi connectivity index (χ4v) is 2.53. The number of nitriles is 1. The van der Waals surface area contributed by atoms with E-state index in [1.165, 1.54) is 0 Å². The zero-order chi connectivity index (χ0) is 15.0. The first-order chi connectivity index (χ1) is 9.57. The lowest BCUT2D eigenvalue weighted by Gasteiger charge is -2.32. The molecular weight excluding hydrogens is 246 g/mol. The minimum absolute atomic E-state index is 0.270. The minimum atomic E-state index is -0.599. The van der Waals surface area contributed by atoms with Crippen LogP contribution < -0.4 is 5.32 Å². The van der Waals surface area contributed by atoms with Crippen molar-refractivity contribution in [1.29, 1.82) is 5.26 Å². The highest BCUT2D eigenvalue weighted by molar-refractivity contribution is 5.31. The van der Waals surface area contributed by atoms with Gasteiger partial charge in [0.05, 0.1) is 6.07 Å². The van der Waals surface area contributed by atoms with E-state index in [9.17, 15) is 5.26 Å². The molecule has 0 heterocycles. The summed E-state index contributed by atoms with van der Waals surface area (Å²) in [5, 5.41) is 13.3. The second-order valence-corrected chi connectivity index (χ2v) is 5.46. The highest BCUT2D eigenvalue weighted by Gasteiger charge is 2.32. The van der Waals surface area contributed by atoms with E-state index in [1.807, 2.05) is 30.3 Å². The average Bonchev–Trinajstić information content (AvgIpc) is 2.47. The third kappa shape index (κ3) is 4.33. The van der Waals surface area contributed by atoms with Crippen LogP contribution in [0.4, 0.5) is 0 Å². The molecule has 1 N–H and O–H groups in total. The summed E-state index contributed by atoms with van der Waals surface area (Å²) in [7, 11) is 0. The Hall–Kier alpha value is -1.37. The molecule has 0 saturated heterocycles. The molecule has 0 saturated carbocycles. The van der Waals surface area contributed by atoms with Gasteiger partial charge >= 0.3 is 0 Å². The first kappa shape index (κ1) is 16.7. The molecule has 0 spiro atoms. The molecule has 0 bridgehead atoms. The highest BCUT2D eigenvalue weighted by atomic mass is 15.1. The molecule has 0 radical (unpaired) electrons. The van der Waals surface area contributed by atoms with Crippen molar-refractivity contribution >= 4 is 0 Å². The molecule has 1 rings (SSSR count). The van der Waals surface area contributed by atoms with Crippen molar-refractivity contribution in [3.05, 3.63) is 35.9 Å². The van der Waals surface area contributed by atoms with Gasteiger partial charge in [0.25, 0.3) is 0 Å². The standard InChI is InChI=1S/C17H27N3/c1-5-20(6-2)13-12-17(14-18,19-15(3)4)16-10-8-7-9-11-16/h7-11,15,19H,5-6,12-13H2,1-4H3. The lowest BCUT2D eigenvalue weighted by molar-refractivity contribution is 0.253. The summed E-state index contributed by atoms with van der Waals surface area (Å²) < 4.78 is 0. The van der Waals surface area contributed by atoms with Crippen LogP contribution in [0.15, 0.2) is 30.3 Å². The maximum atomic E-state index is 9.81. The molecule has 0 amide bonds. The minimum Gasteiger partial charge on any atom is -0.304 e. The SMILES string of the molecule is CCN(CC)CCC(C#N)(NC(C)C)c1ccccc1. The number of benzene rings is 1. The molecule has 0 fully saturated rings. The van der Waals surface area contributed by atoms with Gasteiger partial charge < -0.3 is 4.90 Å². The molecule has 0 aliphatic rings. The molecule has 1 atom stereocenters. The quantitative estimate of drug-likeness (QED) is 0.791. The van der Waals surface area contributed by atoms with E-state index in [4.69, 9.17) is 0 Å². The van der Waals surface area contributed by atoms with Gasteiger partial charge in [-0.3, -0.25) is 5.32 Å². The summed E-state index contributed by atoms with van der Waals surface area (Å²) in [6.45, 7) is 11.5. The van der Waals surface area contributed by atoms with Crippen LogP contribution >= 0.6 is 0 Å². The van der Waals surface area contributed by atoms with Crippen LogP contribution in [0.25, 0.3) is 0 Å². The third-order valence-corrected chi connectivity index (χ3v) is 3.69. The second kappa shape index (κ2) is 8.04. The Morgan fingerprint density at radius 3 is 2.25 bits per heavy atom. The molecule has 0 aromatic heterocycles. The summed E-state index contributed by atoms with van der Waals surface area (Å²) in [4.78, 5) is 2.36. The molecule has 1 aromatic carbocycles. The molecule has 0 aliphatic carbocycles. The van der Waals surface area contributed by atoms with Crippen LogP contribution in [0.5, 0.6) is 0 Å². The van der Waals surface area contributed by atoms with Crippen LogP contribution in [0.2, 0.25) is 0 Å². The first-order valence-electron chi connectivity index (χ1n) is 7.54. The zero-order valence-corrected chi connectivity index (χ0v) is 13.2. The van der Waals surface area contributed by atoms with Gasteiger partial charge in [0.2, 0.25) is 0 Å². The smallest absolute Gasteiger partial charge is 0.133 e. The molecule has 20 heavy (non-hydrogen) atoms. The summed E-state index contributed by atoms with van der Waals surface area (Å²) in [6, 6.07) is 12.9. The first-order valence-corrected chi connectivity index (χ1v) is 7.54. The third-order valence-electron chi connectivity index (χ3n) is 3.69. The highest BCUT2D eigenvalue weighted by Crippen LogP contribution is 2.25. The maximum Gasteiger partial charge on any atom is 0.133 e. The topological polar surface area (TPSA) is 39.1 Å². The van der Waals surface area contributed by atoms with E-state index in [0.717, 1.165) is 31.6 Å². The average molecular weight is 273 g/mol. The van der Waals surface area contributed by atoms with Crippen molar-refractivity contribution in [3.63, 3.8) is 0 Å². The molecule has 1 unspecified atom stereocenters. The number of rotatable bonds is 8. The molecule has 1 aromatic rings. The van der Waals surface area contributed by atoms with E-state index in [0.29, 0.717) is 0 Å². The van der Waals surface area contributed by atoms with Crippen LogP contribution in [0.3, 0.4) is 0 Å². The second-order valence-electron chi connectivity index (χ2n) is 5.46. The Morgan fingerprint density at radius 1 is 1.20 bits per heavy atom. The van der Waals surface area contributed by atoms with Crippen LogP contribution in [-0.2, 0) is 5.54 Å². The Kier molecular flexibility index (Phi) is 6.70. The van der Waals surface area contributed by atoms with Crippen molar-refractivity contribution in [3.8, 4) is 6.07 Å². The Balaban J connectivity index is 2.98. The van der Waals surface area contributed by atoms with Crippen LogP contribution in [0.1, 0.15) is 39.7 Å². The van der Waals surface area contributed by atoms with Crippen molar-refractivity contribution in [2.24, 2.45) is 0 Å². The van der Waals surface area contributed by atoms with E-state index in [-0.39, 0.29) is 6.04 Å². The van der Waals surface area contributed by atoms with Gasteiger partial charge in [-0.1, -0.05) is 44.2 Å². The van der Waals surface area contributed by atoms with E-state index in [1.54, 1.807) is 0 Å². The normalized spacial score (nSPS) is 14.2. The zero-order valence-electron chi connectivity index (χ0n) is 13.2. The van der Waals surface area contributed by atoms with Crippen molar-refractivity contribution in [2.75, 3.05) is 19.6 Å². The lowest BCUT2D eigenvalue weighted by Crippen LogP contribution is -2.47. The maximum absolute atomic E-state index is 9.81. The van der Waals surface area contributed by atoms with Crippen LogP contribution in [0, 0.1) is 11.3 Å². The van der Waals surface area contributed by atoms with Gasteiger partial charge in [-0.25, -0.2) is 0 Å². The molecule has 3 heteroatoms. The molecule has 110 valence electrons. The summed E-state index contributed by atoms with van der Waals surface area (Å²) in [5.41, 5.74) is 0.459. The molecular formula is C17H27N3. The van der Waals surface area contributed by atoms with Gasteiger partial charge in [-0.15, -0.1) is 0 Å². The van der Waals surface area contributed by atoms with Gasteiger partial charge in [-0.05, 0) is 38.9 Å². The Labute approximate surface area is 123 Å².